The Balaban J connectivity index is 1.67. The van der Waals surface area contributed by atoms with E-state index in [1.165, 1.54) is 0 Å². The summed E-state index contributed by atoms with van der Waals surface area (Å²) in [4.78, 5) is 21.2. The third-order valence-electron chi connectivity index (χ3n) is 7.55. The number of anilines is 2. The Kier molecular flexibility index (Phi) is 9.22. The number of carbonyl (C=O) groups excluding carboxylic acids is 1. The van der Waals surface area contributed by atoms with E-state index < -0.39 is 17.5 Å². The topological polar surface area (TPSA) is 117 Å². The van der Waals surface area contributed by atoms with Crippen LogP contribution in [-0.4, -0.2) is 70.8 Å². The van der Waals surface area contributed by atoms with Gasteiger partial charge in [-0.05, 0) is 89.0 Å². The molecule has 40 heavy (non-hydrogen) atoms. The second-order valence-electron chi connectivity index (χ2n) is 11.7. The van der Waals surface area contributed by atoms with Gasteiger partial charge in [-0.25, -0.2) is 14.2 Å². The third kappa shape index (κ3) is 6.50. The van der Waals surface area contributed by atoms with Crippen LogP contribution >= 0.6 is 27.5 Å². The summed E-state index contributed by atoms with van der Waals surface area (Å²) in [6, 6.07) is 3.48. The van der Waals surface area contributed by atoms with Crippen molar-refractivity contribution in [2.75, 3.05) is 31.2 Å². The standard InChI is InChI=1S/C28H37BrClFN6O3/c1-15(20-7-6-11-36(20)5)39-26-23(33)25(18-14-19(30)21(29)22(31)24(18)35-26)34-16-9-12-37(17(13-16)8-10-32)27(38)40-28(2,3)4/h14-17,20H,6-9,11-13,33H2,1-5H3,(H,34,35)/t15-,16-,17+,20-/m0/s1. The molecule has 2 saturated heterocycles. The van der Waals surface area contributed by atoms with E-state index >= 15 is 4.39 Å². The van der Waals surface area contributed by atoms with E-state index in [-0.39, 0.29) is 57.2 Å². The Bertz CT molecular complexity index is 1320. The quantitative estimate of drug-likeness (QED) is 0.353. The van der Waals surface area contributed by atoms with Gasteiger partial charge < -0.3 is 25.4 Å². The number of hydrogen-bond donors (Lipinski definition) is 2. The number of halogens is 3. The van der Waals surface area contributed by atoms with E-state index in [0.717, 1.165) is 19.4 Å². The van der Waals surface area contributed by atoms with Crippen molar-refractivity contribution in [3.05, 3.63) is 21.4 Å². The molecular formula is C28H37BrClFN6O3. The molecule has 218 valence electrons. The lowest BCUT2D eigenvalue weighted by Crippen LogP contribution is -2.50. The fraction of sp³-hybridized carbons (Fsp3) is 0.607. The first-order valence-electron chi connectivity index (χ1n) is 13.6. The van der Waals surface area contributed by atoms with E-state index in [0.29, 0.717) is 30.5 Å². The van der Waals surface area contributed by atoms with Crippen molar-refractivity contribution in [2.24, 2.45) is 0 Å². The first kappa shape index (κ1) is 30.4. The molecule has 2 fully saturated rings. The van der Waals surface area contributed by atoms with Crippen molar-refractivity contribution in [3.63, 3.8) is 0 Å². The molecule has 1 aromatic carbocycles. The normalized spacial score (nSPS) is 22.7. The summed E-state index contributed by atoms with van der Waals surface area (Å²) >= 11 is 9.56. The largest absolute Gasteiger partial charge is 0.471 e. The summed E-state index contributed by atoms with van der Waals surface area (Å²) < 4.78 is 27.4. The number of nitrogens with one attached hydrogen (secondary N) is 1. The highest BCUT2D eigenvalue weighted by Crippen LogP contribution is 2.42. The Labute approximate surface area is 248 Å². The fourth-order valence-corrected chi connectivity index (χ4v) is 6.07. The summed E-state index contributed by atoms with van der Waals surface area (Å²) in [5, 5.41) is 13.5. The highest BCUT2D eigenvalue weighted by Gasteiger charge is 2.35. The lowest BCUT2D eigenvalue weighted by molar-refractivity contribution is 0.00954. The van der Waals surface area contributed by atoms with Crippen molar-refractivity contribution in [1.82, 2.24) is 14.8 Å². The van der Waals surface area contributed by atoms with E-state index in [9.17, 15) is 10.1 Å². The Morgan fingerprint density at radius 2 is 2.12 bits per heavy atom. The van der Waals surface area contributed by atoms with Crippen LogP contribution in [0.25, 0.3) is 10.9 Å². The maximum Gasteiger partial charge on any atom is 0.410 e. The van der Waals surface area contributed by atoms with Crippen molar-refractivity contribution in [3.8, 4) is 11.9 Å². The lowest BCUT2D eigenvalue weighted by atomic mass is 9.95. The van der Waals surface area contributed by atoms with Gasteiger partial charge in [0.05, 0.1) is 27.7 Å². The molecule has 0 saturated carbocycles. The summed E-state index contributed by atoms with van der Waals surface area (Å²) in [6.07, 6.45) is 2.59. The number of carbonyl (C=O) groups is 1. The van der Waals surface area contributed by atoms with Crippen LogP contribution in [-0.2, 0) is 4.74 Å². The molecule has 3 heterocycles. The monoisotopic (exact) mass is 638 g/mol. The number of nitriles is 1. The number of pyridine rings is 1. The van der Waals surface area contributed by atoms with Crippen molar-refractivity contribution in [1.29, 1.82) is 5.26 Å². The third-order valence-corrected chi connectivity index (χ3v) is 8.86. The van der Waals surface area contributed by atoms with Gasteiger partial charge in [0.2, 0.25) is 5.88 Å². The van der Waals surface area contributed by atoms with Crippen LogP contribution in [0.2, 0.25) is 5.02 Å². The molecule has 9 nitrogen and oxygen atoms in total. The Morgan fingerprint density at radius 1 is 1.40 bits per heavy atom. The number of piperidine rings is 1. The SMILES string of the molecule is C[C@H](Oc1nc2c(F)c(Br)c(Cl)cc2c(N[C@H]2CCN(C(=O)OC(C)(C)C)[C@H](CC#N)C2)c1N)[C@@H]1CCCN1C. The van der Waals surface area contributed by atoms with Gasteiger partial charge in [0.15, 0.2) is 5.82 Å². The maximum atomic E-state index is 15.4. The molecule has 12 heteroatoms. The molecule has 4 rings (SSSR count). The molecule has 0 spiro atoms. The van der Waals surface area contributed by atoms with Crippen LogP contribution in [0.4, 0.5) is 20.6 Å². The van der Waals surface area contributed by atoms with Gasteiger partial charge in [-0.15, -0.1) is 0 Å². The molecule has 2 aromatic rings. The van der Waals surface area contributed by atoms with E-state index in [1.54, 1.807) is 11.0 Å². The summed E-state index contributed by atoms with van der Waals surface area (Å²) in [6.45, 7) is 8.77. The number of nitrogens with two attached hydrogens (primary N) is 1. The van der Waals surface area contributed by atoms with Crippen molar-refractivity contribution in [2.45, 2.75) is 89.6 Å². The molecule has 0 radical (unpaired) electrons. The van der Waals surface area contributed by atoms with E-state index in [2.05, 4.69) is 44.2 Å². The molecule has 2 aliphatic heterocycles. The summed E-state index contributed by atoms with van der Waals surface area (Å²) in [5.74, 6) is -0.459. The predicted molar refractivity (Wildman–Crippen MR) is 158 cm³/mol. The first-order valence-corrected chi connectivity index (χ1v) is 14.7. The zero-order valence-electron chi connectivity index (χ0n) is 23.6. The van der Waals surface area contributed by atoms with Gasteiger partial charge in [0, 0.05) is 30.1 Å². The molecule has 0 unspecified atom stereocenters. The molecule has 0 bridgehead atoms. The molecule has 3 N–H and O–H groups in total. The number of likely N-dealkylation sites (tertiary alicyclic amines) is 2. The average Bonchev–Trinajstić information content (AvgIpc) is 3.31. The first-order chi connectivity index (χ1) is 18.8. The van der Waals surface area contributed by atoms with Gasteiger partial charge in [0.1, 0.15) is 22.9 Å². The average molecular weight is 640 g/mol. The van der Waals surface area contributed by atoms with Crippen LogP contribution in [0.5, 0.6) is 5.88 Å². The lowest BCUT2D eigenvalue weighted by Gasteiger charge is -2.39. The van der Waals surface area contributed by atoms with Gasteiger partial charge >= 0.3 is 6.09 Å². The fourth-order valence-electron chi connectivity index (χ4n) is 5.57. The van der Waals surface area contributed by atoms with Crippen LogP contribution in [0.15, 0.2) is 10.5 Å². The van der Waals surface area contributed by atoms with Gasteiger partial charge in [0.25, 0.3) is 0 Å². The number of ether oxygens (including phenoxy) is 2. The van der Waals surface area contributed by atoms with Crippen molar-refractivity contribution < 1.29 is 18.7 Å². The number of rotatable bonds is 6. The second kappa shape index (κ2) is 12.1. The molecule has 1 aromatic heterocycles. The molecule has 0 aliphatic carbocycles. The number of nitrogen functional groups attached to an aromatic ring is 1. The number of aromatic nitrogens is 1. The predicted octanol–water partition coefficient (Wildman–Crippen LogP) is 6.33. The maximum absolute atomic E-state index is 15.4. The number of hydrogen-bond acceptors (Lipinski definition) is 8. The Hall–Kier alpha value is -2.55. The van der Waals surface area contributed by atoms with Crippen LogP contribution < -0.4 is 15.8 Å². The van der Waals surface area contributed by atoms with Crippen LogP contribution in [0.3, 0.4) is 0 Å². The number of amides is 1. The van der Waals surface area contributed by atoms with Crippen LogP contribution in [0, 0.1) is 17.1 Å². The van der Waals surface area contributed by atoms with Crippen LogP contribution in [0.1, 0.15) is 59.8 Å². The minimum Gasteiger partial charge on any atom is -0.471 e. The number of fused-ring (bicyclic) bond motifs is 1. The van der Waals surface area contributed by atoms with Gasteiger partial charge in [-0.1, -0.05) is 11.6 Å². The molecule has 2 aliphatic rings. The summed E-state index contributed by atoms with van der Waals surface area (Å²) in [5.41, 5.74) is 6.80. The molecule has 1 amide bonds. The minimum atomic E-state index is -0.647. The molecular weight excluding hydrogens is 603 g/mol. The highest BCUT2D eigenvalue weighted by molar-refractivity contribution is 9.10. The smallest absolute Gasteiger partial charge is 0.410 e. The highest BCUT2D eigenvalue weighted by atomic mass is 79.9. The van der Waals surface area contributed by atoms with Crippen molar-refractivity contribution >= 4 is 55.9 Å². The number of nitrogens with zero attached hydrogens (tertiary/aromatic N) is 4. The number of likely N-dealkylation sites (N-methyl/N-ethyl adjacent to an activating group) is 1. The van der Waals surface area contributed by atoms with E-state index in [1.807, 2.05) is 27.7 Å². The zero-order valence-corrected chi connectivity index (χ0v) is 25.9. The second-order valence-corrected chi connectivity index (χ2v) is 12.9. The molecule has 4 atom stereocenters. The number of benzene rings is 1. The van der Waals surface area contributed by atoms with Gasteiger partial charge in [-0.2, -0.15) is 5.26 Å². The van der Waals surface area contributed by atoms with Gasteiger partial charge in [-0.3, -0.25) is 4.90 Å². The summed E-state index contributed by atoms with van der Waals surface area (Å²) in [7, 11) is 2.06. The Morgan fingerprint density at radius 3 is 2.75 bits per heavy atom. The minimum absolute atomic E-state index is 0.0784. The zero-order chi connectivity index (χ0) is 29.4. The van der Waals surface area contributed by atoms with E-state index in [4.69, 9.17) is 26.8 Å².